The van der Waals surface area contributed by atoms with Crippen LogP contribution in [0.2, 0.25) is 0 Å². The van der Waals surface area contributed by atoms with Gasteiger partial charge in [-0.2, -0.15) is 0 Å². The second kappa shape index (κ2) is 4.61. The van der Waals surface area contributed by atoms with E-state index in [0.29, 0.717) is 24.2 Å². The van der Waals surface area contributed by atoms with Crippen molar-refractivity contribution in [3.8, 4) is 0 Å². The lowest BCUT2D eigenvalue weighted by Gasteiger charge is -2.15. The topological polar surface area (TPSA) is 20.3 Å². The number of hydrogen-bond acceptors (Lipinski definition) is 2. The largest absolute Gasteiger partial charge is 0.298 e. The van der Waals surface area contributed by atoms with Gasteiger partial charge < -0.3 is 0 Å². The zero-order valence-electron chi connectivity index (χ0n) is 10.1. The first-order chi connectivity index (χ1) is 8.33. The maximum absolute atomic E-state index is 11.8. The molecule has 0 radical (unpaired) electrons. The SMILES string of the molecule is O=C(CN1CCC(c2ccccc2)C1)C1CC1. The van der Waals surface area contributed by atoms with Gasteiger partial charge >= 0.3 is 0 Å². The van der Waals surface area contributed by atoms with Crippen molar-refractivity contribution in [2.75, 3.05) is 19.6 Å². The number of rotatable bonds is 4. The maximum atomic E-state index is 11.8. The van der Waals surface area contributed by atoms with E-state index in [4.69, 9.17) is 0 Å². The average molecular weight is 229 g/mol. The number of likely N-dealkylation sites (tertiary alicyclic amines) is 1. The predicted molar refractivity (Wildman–Crippen MR) is 68.0 cm³/mol. The zero-order valence-corrected chi connectivity index (χ0v) is 10.1. The highest BCUT2D eigenvalue weighted by Gasteiger charge is 2.32. The van der Waals surface area contributed by atoms with Crippen molar-refractivity contribution in [1.82, 2.24) is 4.90 Å². The molecule has 1 aromatic rings. The fourth-order valence-corrected chi connectivity index (χ4v) is 2.73. The van der Waals surface area contributed by atoms with Crippen molar-refractivity contribution in [3.63, 3.8) is 0 Å². The minimum absolute atomic E-state index is 0.408. The van der Waals surface area contributed by atoms with Gasteiger partial charge in [0.15, 0.2) is 0 Å². The Morgan fingerprint density at radius 1 is 1.18 bits per heavy atom. The number of nitrogens with zero attached hydrogens (tertiary/aromatic N) is 1. The lowest BCUT2D eigenvalue weighted by molar-refractivity contribution is -0.121. The minimum atomic E-state index is 0.408. The Hall–Kier alpha value is -1.15. The third-order valence-corrected chi connectivity index (χ3v) is 3.96. The molecule has 0 amide bonds. The van der Waals surface area contributed by atoms with Gasteiger partial charge in [-0.05, 0) is 37.3 Å². The first-order valence-electron chi connectivity index (χ1n) is 6.63. The molecule has 1 atom stereocenters. The monoisotopic (exact) mass is 229 g/mol. The Kier molecular flexibility index (Phi) is 2.98. The van der Waals surface area contributed by atoms with Crippen molar-refractivity contribution < 1.29 is 4.79 Å². The first kappa shape index (κ1) is 11.0. The molecule has 1 aliphatic carbocycles. The van der Waals surface area contributed by atoms with Crippen molar-refractivity contribution in [2.45, 2.75) is 25.2 Å². The van der Waals surface area contributed by atoms with Crippen LogP contribution in [0.15, 0.2) is 30.3 Å². The Bertz CT molecular complexity index is 397. The molecule has 17 heavy (non-hydrogen) atoms. The molecule has 1 saturated carbocycles. The van der Waals surface area contributed by atoms with Crippen LogP contribution < -0.4 is 0 Å². The van der Waals surface area contributed by atoms with Gasteiger partial charge in [-0.25, -0.2) is 0 Å². The van der Waals surface area contributed by atoms with Crippen LogP contribution in [-0.4, -0.2) is 30.3 Å². The molecule has 2 fully saturated rings. The number of hydrogen-bond donors (Lipinski definition) is 0. The van der Waals surface area contributed by atoms with E-state index in [0.717, 1.165) is 25.9 Å². The maximum Gasteiger partial charge on any atom is 0.149 e. The summed E-state index contributed by atoms with van der Waals surface area (Å²) in [5, 5.41) is 0. The smallest absolute Gasteiger partial charge is 0.149 e. The van der Waals surface area contributed by atoms with E-state index in [1.54, 1.807) is 0 Å². The van der Waals surface area contributed by atoms with Gasteiger partial charge in [0.05, 0.1) is 6.54 Å². The van der Waals surface area contributed by atoms with E-state index in [9.17, 15) is 4.79 Å². The minimum Gasteiger partial charge on any atom is -0.298 e. The van der Waals surface area contributed by atoms with E-state index in [-0.39, 0.29) is 0 Å². The molecule has 0 N–H and O–H groups in total. The summed E-state index contributed by atoms with van der Waals surface area (Å²) in [6.45, 7) is 2.83. The summed E-state index contributed by atoms with van der Waals surface area (Å²) in [5.41, 5.74) is 1.42. The Morgan fingerprint density at radius 2 is 1.94 bits per heavy atom. The van der Waals surface area contributed by atoms with Gasteiger partial charge in [0.1, 0.15) is 5.78 Å². The summed E-state index contributed by atoms with van der Waals surface area (Å²) in [6, 6.07) is 10.7. The Morgan fingerprint density at radius 3 is 2.65 bits per heavy atom. The molecule has 0 spiro atoms. The number of benzene rings is 1. The van der Waals surface area contributed by atoms with Gasteiger partial charge in [0.25, 0.3) is 0 Å². The summed E-state index contributed by atoms with van der Waals surface area (Å²) in [6.07, 6.45) is 3.46. The number of carbonyl (C=O) groups excluding carboxylic acids is 1. The van der Waals surface area contributed by atoms with Crippen LogP contribution in [0.1, 0.15) is 30.7 Å². The molecule has 2 aliphatic rings. The van der Waals surface area contributed by atoms with E-state index < -0.39 is 0 Å². The molecule has 0 aromatic heterocycles. The summed E-state index contributed by atoms with van der Waals surface area (Å²) in [4.78, 5) is 14.1. The van der Waals surface area contributed by atoms with E-state index >= 15 is 0 Å². The number of Topliss-reactive ketones (excluding diaryl/α,β-unsaturated/α-hetero) is 1. The van der Waals surface area contributed by atoms with Gasteiger partial charge in [-0.3, -0.25) is 9.69 Å². The standard InChI is InChI=1S/C15H19NO/c17-15(13-6-7-13)11-16-9-8-14(10-16)12-4-2-1-3-5-12/h1-5,13-14H,6-11H2. The van der Waals surface area contributed by atoms with Gasteiger partial charge in [0, 0.05) is 12.5 Å². The molecule has 3 rings (SSSR count). The molecule has 1 heterocycles. The van der Waals surface area contributed by atoms with Gasteiger partial charge in [0.2, 0.25) is 0 Å². The third kappa shape index (κ3) is 2.58. The Balaban J connectivity index is 1.56. The summed E-state index contributed by atoms with van der Waals surface area (Å²) >= 11 is 0. The fourth-order valence-electron chi connectivity index (χ4n) is 2.73. The average Bonchev–Trinajstić information content (AvgIpc) is 3.12. The van der Waals surface area contributed by atoms with Crippen LogP contribution in [0, 0.1) is 5.92 Å². The Labute approximate surface area is 103 Å². The highest BCUT2D eigenvalue weighted by Crippen LogP contribution is 2.32. The van der Waals surface area contributed by atoms with Crippen molar-refractivity contribution in [2.24, 2.45) is 5.92 Å². The molecule has 90 valence electrons. The van der Waals surface area contributed by atoms with Crippen LogP contribution in [0.5, 0.6) is 0 Å². The molecule has 1 aliphatic heterocycles. The first-order valence-corrected chi connectivity index (χ1v) is 6.63. The van der Waals surface area contributed by atoms with Crippen LogP contribution in [0.25, 0.3) is 0 Å². The second-order valence-corrected chi connectivity index (χ2v) is 5.37. The van der Waals surface area contributed by atoms with Crippen molar-refractivity contribution in [1.29, 1.82) is 0 Å². The van der Waals surface area contributed by atoms with Gasteiger partial charge in [-0.1, -0.05) is 30.3 Å². The predicted octanol–water partition coefficient (Wildman–Crippen LogP) is 2.46. The molecular formula is C15H19NO. The molecular weight excluding hydrogens is 210 g/mol. The van der Waals surface area contributed by atoms with Crippen LogP contribution in [0.3, 0.4) is 0 Å². The van der Waals surface area contributed by atoms with E-state index in [2.05, 4.69) is 35.2 Å². The molecule has 2 heteroatoms. The van der Waals surface area contributed by atoms with E-state index in [1.807, 2.05) is 0 Å². The third-order valence-electron chi connectivity index (χ3n) is 3.96. The highest BCUT2D eigenvalue weighted by molar-refractivity contribution is 5.85. The van der Waals surface area contributed by atoms with Crippen molar-refractivity contribution >= 4 is 5.78 Å². The number of ketones is 1. The lowest BCUT2D eigenvalue weighted by atomic mass is 9.99. The normalized spacial score (nSPS) is 25.1. The van der Waals surface area contributed by atoms with Gasteiger partial charge in [-0.15, -0.1) is 0 Å². The number of carbonyl (C=O) groups is 1. The highest BCUT2D eigenvalue weighted by atomic mass is 16.1. The van der Waals surface area contributed by atoms with Crippen LogP contribution in [0.4, 0.5) is 0 Å². The summed E-state index contributed by atoms with van der Waals surface area (Å²) < 4.78 is 0. The zero-order chi connectivity index (χ0) is 11.7. The fraction of sp³-hybridized carbons (Fsp3) is 0.533. The van der Waals surface area contributed by atoms with Crippen LogP contribution in [-0.2, 0) is 4.79 Å². The lowest BCUT2D eigenvalue weighted by Crippen LogP contribution is -2.28. The second-order valence-electron chi connectivity index (χ2n) is 5.37. The quantitative estimate of drug-likeness (QED) is 0.790. The van der Waals surface area contributed by atoms with Crippen molar-refractivity contribution in [3.05, 3.63) is 35.9 Å². The van der Waals surface area contributed by atoms with E-state index in [1.165, 1.54) is 12.0 Å². The summed E-state index contributed by atoms with van der Waals surface area (Å²) in [5.74, 6) is 1.51. The molecule has 1 unspecified atom stereocenters. The molecule has 1 saturated heterocycles. The molecule has 2 nitrogen and oxygen atoms in total. The molecule has 1 aromatic carbocycles. The van der Waals surface area contributed by atoms with Crippen LogP contribution >= 0.6 is 0 Å². The summed E-state index contributed by atoms with van der Waals surface area (Å²) in [7, 11) is 0. The molecule has 0 bridgehead atoms.